The van der Waals surface area contributed by atoms with Crippen molar-refractivity contribution in [3.63, 3.8) is 0 Å². The van der Waals surface area contributed by atoms with Crippen molar-refractivity contribution < 1.29 is 41.9 Å². The molecule has 2 amide bonds. The molecule has 4 rings (SSSR count). The Morgan fingerprint density at radius 1 is 1.04 bits per heavy atom. The number of carbonyl (C=O) groups is 3. The third-order valence-electron chi connectivity index (χ3n) is 7.56. The number of amides is 2. The van der Waals surface area contributed by atoms with E-state index in [0.717, 1.165) is 25.3 Å². The summed E-state index contributed by atoms with van der Waals surface area (Å²) in [6.45, 7) is 5.98. The van der Waals surface area contributed by atoms with Crippen LogP contribution in [0.15, 0.2) is 66.0 Å². The topological polar surface area (TPSA) is 177 Å². The minimum atomic E-state index is -4.66. The monoisotopic (exact) mass is 656 g/mol. The van der Waals surface area contributed by atoms with Crippen LogP contribution in [0.1, 0.15) is 75.7 Å². The lowest BCUT2D eigenvalue weighted by molar-refractivity contribution is -0.149. The van der Waals surface area contributed by atoms with Crippen LogP contribution in [0, 0.1) is 0 Å². The van der Waals surface area contributed by atoms with E-state index in [0.29, 0.717) is 24.3 Å². The van der Waals surface area contributed by atoms with Crippen molar-refractivity contribution in [1.29, 1.82) is 0 Å². The number of anilines is 1. The minimum Gasteiger partial charge on any atom is -0.491 e. The zero-order valence-electron chi connectivity index (χ0n) is 26.0. The van der Waals surface area contributed by atoms with Crippen LogP contribution in [-0.2, 0) is 19.7 Å². The van der Waals surface area contributed by atoms with E-state index in [1.165, 1.54) is 40.2 Å². The van der Waals surface area contributed by atoms with Gasteiger partial charge in [0.15, 0.2) is 5.82 Å². The van der Waals surface area contributed by atoms with Crippen molar-refractivity contribution in [3.8, 4) is 11.5 Å². The van der Waals surface area contributed by atoms with Crippen molar-refractivity contribution in [1.82, 2.24) is 14.5 Å². The molecular formula is C32H40N4O9S. The van der Waals surface area contributed by atoms with Gasteiger partial charge >= 0.3 is 5.97 Å². The van der Waals surface area contributed by atoms with Gasteiger partial charge in [-0.3, -0.25) is 14.1 Å². The van der Waals surface area contributed by atoms with Gasteiger partial charge in [0.25, 0.3) is 16.0 Å². The first-order valence-corrected chi connectivity index (χ1v) is 16.7. The summed E-state index contributed by atoms with van der Waals surface area (Å²) in [4.78, 5) is 44.2. The van der Waals surface area contributed by atoms with Gasteiger partial charge in [-0.2, -0.15) is 8.42 Å². The fraction of sp³-hybridized carbons (Fsp3) is 0.438. The molecule has 0 spiro atoms. The maximum absolute atomic E-state index is 14.0. The van der Waals surface area contributed by atoms with Crippen molar-refractivity contribution in [2.45, 2.75) is 88.5 Å². The second kappa shape index (κ2) is 15.2. The predicted octanol–water partition coefficient (Wildman–Crippen LogP) is 4.81. The molecule has 0 unspecified atom stereocenters. The van der Waals surface area contributed by atoms with Crippen molar-refractivity contribution in [2.75, 3.05) is 11.9 Å². The van der Waals surface area contributed by atoms with Gasteiger partial charge in [-0.1, -0.05) is 44.7 Å². The lowest BCUT2D eigenvalue weighted by Gasteiger charge is -2.27. The Bertz CT molecular complexity index is 1620. The molecule has 1 saturated heterocycles. The van der Waals surface area contributed by atoms with Crippen LogP contribution in [0.5, 0.6) is 11.5 Å². The van der Waals surface area contributed by atoms with Crippen LogP contribution in [0.25, 0.3) is 0 Å². The van der Waals surface area contributed by atoms with E-state index in [4.69, 9.17) is 9.47 Å². The first-order chi connectivity index (χ1) is 21.9. The molecule has 0 radical (unpaired) electrons. The standard InChI is InChI=1S/C32H40N4O9S/c1-4-5-6-7-11-26(35-19-29(33-20-35)34-30(37)25-10-8-9-12-28(25)46(41,42)43)31(38)36-18-24(17-27(36)32(39)40)45-23-15-13-22(14-16-23)44-21(2)3/h8-10,12-16,19-21,24,26-27H,4-7,11,17-18H2,1-3H3,(H,34,37)(H,39,40)(H,41,42,43)/t24-,26+,27-/m0/s1. The first kappa shape index (κ1) is 34.4. The Balaban J connectivity index is 1.52. The molecule has 0 aliphatic carbocycles. The highest BCUT2D eigenvalue weighted by Gasteiger charge is 2.43. The van der Waals surface area contributed by atoms with Gasteiger partial charge in [0.1, 0.15) is 34.6 Å². The van der Waals surface area contributed by atoms with Gasteiger partial charge in [-0.05, 0) is 56.7 Å². The molecule has 1 aliphatic heterocycles. The van der Waals surface area contributed by atoms with Gasteiger partial charge in [-0.25, -0.2) is 9.78 Å². The Hall–Kier alpha value is -4.43. The third-order valence-corrected chi connectivity index (χ3v) is 8.47. The summed E-state index contributed by atoms with van der Waals surface area (Å²) in [5.41, 5.74) is -0.277. The summed E-state index contributed by atoms with van der Waals surface area (Å²) in [7, 11) is -4.66. The highest BCUT2D eigenvalue weighted by Crippen LogP contribution is 2.30. The zero-order valence-corrected chi connectivity index (χ0v) is 26.9. The van der Waals surface area contributed by atoms with Crippen molar-refractivity contribution in [2.24, 2.45) is 0 Å². The summed E-state index contributed by atoms with van der Waals surface area (Å²) in [5, 5.41) is 12.5. The summed E-state index contributed by atoms with van der Waals surface area (Å²) in [5.74, 6) is -1.12. The van der Waals surface area contributed by atoms with Crippen LogP contribution < -0.4 is 14.8 Å². The van der Waals surface area contributed by atoms with E-state index < -0.39 is 51.0 Å². The van der Waals surface area contributed by atoms with E-state index in [1.807, 2.05) is 13.8 Å². The fourth-order valence-electron chi connectivity index (χ4n) is 5.41. The smallest absolute Gasteiger partial charge is 0.326 e. The van der Waals surface area contributed by atoms with E-state index in [2.05, 4.69) is 17.2 Å². The molecule has 0 bridgehead atoms. The number of hydrogen-bond acceptors (Lipinski definition) is 8. The predicted molar refractivity (Wildman–Crippen MR) is 169 cm³/mol. The summed E-state index contributed by atoms with van der Waals surface area (Å²) in [6, 6.07) is 10.3. The van der Waals surface area contributed by atoms with Gasteiger partial charge in [-0.15, -0.1) is 0 Å². The Morgan fingerprint density at radius 2 is 1.74 bits per heavy atom. The van der Waals surface area contributed by atoms with Crippen molar-refractivity contribution >= 4 is 33.7 Å². The molecule has 248 valence electrons. The maximum atomic E-state index is 14.0. The van der Waals surface area contributed by atoms with Gasteiger partial charge in [0, 0.05) is 12.6 Å². The molecule has 46 heavy (non-hydrogen) atoms. The average Bonchev–Trinajstić information content (AvgIpc) is 3.64. The number of nitrogens with one attached hydrogen (secondary N) is 1. The number of likely N-dealkylation sites (tertiary alicyclic amines) is 1. The number of hydrogen-bond donors (Lipinski definition) is 3. The molecule has 1 fully saturated rings. The number of carbonyl (C=O) groups excluding carboxylic acids is 2. The highest BCUT2D eigenvalue weighted by atomic mass is 32.2. The Labute approximate surface area is 268 Å². The van der Waals surface area contributed by atoms with Crippen LogP contribution in [0.3, 0.4) is 0 Å². The molecule has 0 saturated carbocycles. The molecule has 2 heterocycles. The number of aromatic nitrogens is 2. The molecule has 1 aromatic heterocycles. The SMILES string of the molecule is CCCCCC[C@H](C(=O)N1C[C@@H](Oc2ccc(OC(C)C)cc2)C[C@H]1C(=O)O)n1cnc(NC(=O)c2ccccc2S(=O)(=O)O)c1. The molecule has 13 nitrogen and oxygen atoms in total. The number of ether oxygens (including phenoxy) is 2. The number of benzene rings is 2. The zero-order chi connectivity index (χ0) is 33.4. The number of rotatable bonds is 15. The molecule has 3 aromatic rings. The number of nitrogens with zero attached hydrogens (tertiary/aromatic N) is 3. The molecule has 1 aliphatic rings. The minimum absolute atomic E-state index is 0.0112. The van der Waals surface area contributed by atoms with Crippen LogP contribution >= 0.6 is 0 Å². The molecule has 3 atom stereocenters. The second-order valence-electron chi connectivity index (χ2n) is 11.5. The number of unbranched alkanes of at least 4 members (excludes halogenated alkanes) is 3. The van der Waals surface area contributed by atoms with E-state index in [9.17, 15) is 32.5 Å². The number of carboxylic acids is 1. The van der Waals surface area contributed by atoms with Crippen LogP contribution in [-0.4, -0.2) is 75.1 Å². The lowest BCUT2D eigenvalue weighted by Crippen LogP contribution is -2.44. The van der Waals surface area contributed by atoms with Crippen LogP contribution in [0.2, 0.25) is 0 Å². The molecule has 3 N–H and O–H groups in total. The largest absolute Gasteiger partial charge is 0.491 e. The number of carboxylic acid groups (broad SMARTS) is 1. The highest BCUT2D eigenvalue weighted by molar-refractivity contribution is 7.86. The van der Waals surface area contributed by atoms with E-state index in [-0.39, 0.29) is 30.5 Å². The Kier molecular flexibility index (Phi) is 11.4. The lowest BCUT2D eigenvalue weighted by atomic mass is 10.1. The van der Waals surface area contributed by atoms with E-state index >= 15 is 0 Å². The summed E-state index contributed by atoms with van der Waals surface area (Å²) < 4.78 is 46.3. The van der Waals surface area contributed by atoms with Gasteiger partial charge in [0.05, 0.1) is 24.5 Å². The third kappa shape index (κ3) is 8.85. The maximum Gasteiger partial charge on any atom is 0.326 e. The van der Waals surface area contributed by atoms with Crippen LogP contribution in [0.4, 0.5) is 5.82 Å². The normalized spacial score (nSPS) is 17.1. The first-order valence-electron chi connectivity index (χ1n) is 15.2. The molecule has 2 aromatic carbocycles. The number of imidazole rings is 1. The number of aliphatic carboxylic acids is 1. The van der Waals surface area contributed by atoms with Gasteiger partial charge in [0.2, 0.25) is 5.91 Å². The average molecular weight is 657 g/mol. The fourth-order valence-corrected chi connectivity index (χ4v) is 6.10. The van der Waals surface area contributed by atoms with Gasteiger partial charge < -0.3 is 29.4 Å². The second-order valence-corrected chi connectivity index (χ2v) is 12.8. The quantitative estimate of drug-likeness (QED) is 0.152. The van der Waals surface area contributed by atoms with E-state index in [1.54, 1.807) is 24.3 Å². The summed E-state index contributed by atoms with van der Waals surface area (Å²) >= 11 is 0. The van der Waals surface area contributed by atoms with Crippen molar-refractivity contribution in [3.05, 3.63) is 66.6 Å². The Morgan fingerprint density at radius 3 is 2.39 bits per heavy atom. The summed E-state index contributed by atoms with van der Waals surface area (Å²) in [6.07, 6.45) is 6.30. The molecule has 14 heteroatoms. The molecular weight excluding hydrogens is 616 g/mol.